The molecule has 5 heteroatoms. The van der Waals surface area contributed by atoms with Crippen molar-refractivity contribution in [1.29, 1.82) is 0 Å². The highest BCUT2D eigenvalue weighted by atomic mass is 16.3. The van der Waals surface area contributed by atoms with Crippen LogP contribution < -0.4 is 11.1 Å². The van der Waals surface area contributed by atoms with Gasteiger partial charge in [-0.3, -0.25) is 0 Å². The molecule has 1 unspecified atom stereocenters. The summed E-state index contributed by atoms with van der Waals surface area (Å²) in [6.45, 7) is 5.06. The molecule has 5 nitrogen and oxygen atoms in total. The number of amides is 2. The van der Waals surface area contributed by atoms with Gasteiger partial charge < -0.3 is 21.1 Å². The number of hydrogen-bond donors (Lipinski definition) is 3. The van der Waals surface area contributed by atoms with Crippen LogP contribution in [0.4, 0.5) is 10.5 Å². The molecular weight excluding hydrogens is 242 g/mol. The molecule has 1 rings (SSSR count). The zero-order valence-electron chi connectivity index (χ0n) is 11.6. The molecule has 4 N–H and O–H groups in total. The van der Waals surface area contributed by atoms with E-state index in [1.807, 2.05) is 38.1 Å². The summed E-state index contributed by atoms with van der Waals surface area (Å²) in [4.78, 5) is 13.7. The van der Waals surface area contributed by atoms with E-state index < -0.39 is 0 Å². The molecule has 0 aliphatic carbocycles. The summed E-state index contributed by atoms with van der Waals surface area (Å²) in [6, 6.07) is 7.31. The van der Waals surface area contributed by atoms with E-state index in [-0.39, 0.29) is 18.7 Å². The summed E-state index contributed by atoms with van der Waals surface area (Å²) in [5, 5.41) is 11.7. The molecule has 0 radical (unpaired) electrons. The number of nitrogens with two attached hydrogens (primary N) is 1. The van der Waals surface area contributed by atoms with Gasteiger partial charge in [-0.2, -0.15) is 0 Å². The van der Waals surface area contributed by atoms with Crippen molar-refractivity contribution in [2.45, 2.75) is 26.3 Å². The minimum atomic E-state index is -0.155. The summed E-state index contributed by atoms with van der Waals surface area (Å²) in [5.41, 5.74) is 7.53. The highest BCUT2D eigenvalue weighted by molar-refractivity contribution is 5.89. The summed E-state index contributed by atoms with van der Waals surface area (Å²) in [7, 11) is 0. The Kier molecular flexibility index (Phi) is 6.32. The lowest BCUT2D eigenvalue weighted by atomic mass is 10.1. The molecule has 1 aromatic carbocycles. The standard InChI is InChI=1S/C14H23N3O2/c1-3-17(8-5-9-18)14(19)16-13-7-4-6-12(10-13)11(2)15/h4,6-7,10-11,18H,3,5,8-9,15H2,1-2H3,(H,16,19). The van der Waals surface area contributed by atoms with Gasteiger partial charge in [0.05, 0.1) is 0 Å². The van der Waals surface area contributed by atoms with Crippen LogP contribution in [-0.4, -0.2) is 35.7 Å². The summed E-state index contributed by atoms with van der Waals surface area (Å²) < 4.78 is 0. The van der Waals surface area contributed by atoms with E-state index in [9.17, 15) is 4.79 Å². The first kappa shape index (κ1) is 15.5. The number of nitrogens with zero attached hydrogens (tertiary/aromatic N) is 1. The zero-order chi connectivity index (χ0) is 14.3. The van der Waals surface area contributed by atoms with E-state index in [0.717, 1.165) is 11.3 Å². The van der Waals surface area contributed by atoms with Crippen LogP contribution >= 0.6 is 0 Å². The van der Waals surface area contributed by atoms with E-state index in [4.69, 9.17) is 10.8 Å². The lowest BCUT2D eigenvalue weighted by Gasteiger charge is -2.21. The van der Waals surface area contributed by atoms with Crippen LogP contribution in [0.1, 0.15) is 31.9 Å². The Morgan fingerprint density at radius 1 is 1.53 bits per heavy atom. The van der Waals surface area contributed by atoms with E-state index in [1.165, 1.54) is 0 Å². The summed E-state index contributed by atoms with van der Waals surface area (Å²) >= 11 is 0. The van der Waals surface area contributed by atoms with Crippen molar-refractivity contribution in [3.8, 4) is 0 Å². The number of benzene rings is 1. The minimum Gasteiger partial charge on any atom is -0.396 e. The molecule has 0 aliphatic heterocycles. The molecule has 2 amide bonds. The average molecular weight is 265 g/mol. The van der Waals surface area contributed by atoms with Crippen LogP contribution in [0, 0.1) is 0 Å². The molecule has 1 aromatic rings. The fourth-order valence-corrected chi connectivity index (χ4v) is 1.77. The Labute approximate surface area is 114 Å². The van der Waals surface area contributed by atoms with Gasteiger partial charge in [0.2, 0.25) is 0 Å². The van der Waals surface area contributed by atoms with Gasteiger partial charge in [0.1, 0.15) is 0 Å². The van der Waals surface area contributed by atoms with Crippen LogP contribution in [0.2, 0.25) is 0 Å². The van der Waals surface area contributed by atoms with Crippen molar-refractivity contribution in [2.75, 3.05) is 25.0 Å². The number of nitrogens with one attached hydrogen (secondary N) is 1. The molecule has 0 saturated heterocycles. The van der Waals surface area contributed by atoms with E-state index in [2.05, 4.69) is 5.32 Å². The lowest BCUT2D eigenvalue weighted by Crippen LogP contribution is -2.35. The maximum Gasteiger partial charge on any atom is 0.321 e. The van der Waals surface area contributed by atoms with Crippen LogP contribution in [0.15, 0.2) is 24.3 Å². The molecular formula is C14H23N3O2. The van der Waals surface area contributed by atoms with Gasteiger partial charge in [-0.05, 0) is 38.0 Å². The molecule has 0 aliphatic rings. The fraction of sp³-hybridized carbons (Fsp3) is 0.500. The molecule has 0 bridgehead atoms. The number of carbonyl (C=O) groups is 1. The number of urea groups is 1. The van der Waals surface area contributed by atoms with Crippen LogP contribution in [0.3, 0.4) is 0 Å². The third kappa shape index (κ3) is 4.89. The first-order valence-electron chi connectivity index (χ1n) is 6.60. The van der Waals surface area contributed by atoms with Gasteiger partial charge in [0.25, 0.3) is 0 Å². The van der Waals surface area contributed by atoms with Crippen LogP contribution in [0.25, 0.3) is 0 Å². The van der Waals surface area contributed by atoms with Gasteiger partial charge in [-0.15, -0.1) is 0 Å². The number of anilines is 1. The molecule has 0 saturated carbocycles. The smallest absolute Gasteiger partial charge is 0.321 e. The second-order valence-corrected chi connectivity index (χ2v) is 4.50. The predicted octanol–water partition coefficient (Wildman–Crippen LogP) is 1.94. The Morgan fingerprint density at radius 3 is 2.84 bits per heavy atom. The largest absolute Gasteiger partial charge is 0.396 e. The van der Waals surface area contributed by atoms with Crippen molar-refractivity contribution >= 4 is 11.7 Å². The third-order valence-corrected chi connectivity index (χ3v) is 2.92. The van der Waals surface area contributed by atoms with Crippen molar-refractivity contribution in [3.63, 3.8) is 0 Å². The summed E-state index contributed by atoms with van der Waals surface area (Å²) in [6.07, 6.45) is 0.584. The van der Waals surface area contributed by atoms with Crippen molar-refractivity contribution in [3.05, 3.63) is 29.8 Å². The second-order valence-electron chi connectivity index (χ2n) is 4.50. The van der Waals surface area contributed by atoms with E-state index in [1.54, 1.807) is 4.90 Å². The Balaban J connectivity index is 2.67. The highest BCUT2D eigenvalue weighted by Crippen LogP contribution is 2.16. The Hall–Kier alpha value is -1.59. The Morgan fingerprint density at radius 2 is 2.26 bits per heavy atom. The molecule has 106 valence electrons. The normalized spacial score (nSPS) is 12.0. The minimum absolute atomic E-state index is 0.0616. The topological polar surface area (TPSA) is 78.6 Å². The van der Waals surface area contributed by atoms with Gasteiger partial charge in [0, 0.05) is 31.4 Å². The van der Waals surface area contributed by atoms with Crippen molar-refractivity contribution < 1.29 is 9.90 Å². The quantitative estimate of drug-likeness (QED) is 0.735. The molecule has 1 atom stereocenters. The molecule has 0 spiro atoms. The first-order chi connectivity index (χ1) is 9.08. The molecule has 0 aromatic heterocycles. The monoisotopic (exact) mass is 265 g/mol. The Bertz CT molecular complexity index is 407. The number of aliphatic hydroxyl groups excluding tert-OH is 1. The van der Waals surface area contributed by atoms with Gasteiger partial charge in [-0.25, -0.2) is 4.79 Å². The van der Waals surface area contributed by atoms with E-state index >= 15 is 0 Å². The highest BCUT2D eigenvalue weighted by Gasteiger charge is 2.11. The third-order valence-electron chi connectivity index (χ3n) is 2.92. The SMILES string of the molecule is CCN(CCCO)C(=O)Nc1cccc(C(C)N)c1. The number of carbonyl (C=O) groups excluding carboxylic acids is 1. The summed E-state index contributed by atoms with van der Waals surface area (Å²) in [5.74, 6) is 0. The predicted molar refractivity (Wildman–Crippen MR) is 77.0 cm³/mol. The van der Waals surface area contributed by atoms with E-state index in [0.29, 0.717) is 19.5 Å². The second kappa shape index (κ2) is 7.76. The van der Waals surface area contributed by atoms with Gasteiger partial charge in [-0.1, -0.05) is 12.1 Å². The van der Waals surface area contributed by atoms with Crippen LogP contribution in [0.5, 0.6) is 0 Å². The fourth-order valence-electron chi connectivity index (χ4n) is 1.77. The molecule has 0 heterocycles. The van der Waals surface area contributed by atoms with Crippen molar-refractivity contribution in [2.24, 2.45) is 5.73 Å². The lowest BCUT2D eigenvalue weighted by molar-refractivity contribution is 0.205. The number of hydrogen-bond acceptors (Lipinski definition) is 3. The molecule has 19 heavy (non-hydrogen) atoms. The maximum atomic E-state index is 12.0. The first-order valence-corrected chi connectivity index (χ1v) is 6.60. The number of aliphatic hydroxyl groups is 1. The van der Waals surface area contributed by atoms with Gasteiger partial charge >= 0.3 is 6.03 Å². The maximum absolute atomic E-state index is 12.0. The number of rotatable bonds is 6. The van der Waals surface area contributed by atoms with Crippen LogP contribution in [-0.2, 0) is 0 Å². The zero-order valence-corrected chi connectivity index (χ0v) is 11.6. The van der Waals surface area contributed by atoms with Crippen molar-refractivity contribution in [1.82, 2.24) is 4.90 Å². The van der Waals surface area contributed by atoms with Gasteiger partial charge in [0.15, 0.2) is 0 Å². The average Bonchev–Trinajstić information content (AvgIpc) is 2.40. The molecule has 0 fully saturated rings.